The van der Waals surface area contributed by atoms with E-state index < -0.39 is 6.09 Å². The van der Waals surface area contributed by atoms with Crippen molar-refractivity contribution in [1.29, 1.82) is 0 Å². The van der Waals surface area contributed by atoms with Gasteiger partial charge in [0.05, 0.1) is 13.0 Å². The Bertz CT molecular complexity index is 527. The van der Waals surface area contributed by atoms with Crippen LogP contribution in [0.1, 0.15) is 13.3 Å². The van der Waals surface area contributed by atoms with Crippen LogP contribution in [0.2, 0.25) is 0 Å². The van der Waals surface area contributed by atoms with Crippen LogP contribution in [0.15, 0.2) is 24.3 Å². The van der Waals surface area contributed by atoms with Crippen molar-refractivity contribution in [3.05, 3.63) is 24.3 Å². The summed E-state index contributed by atoms with van der Waals surface area (Å²) in [6, 6.07) is 6.85. The molecule has 0 bridgehead atoms. The Labute approximate surface area is 110 Å². The summed E-state index contributed by atoms with van der Waals surface area (Å²) in [6.45, 7) is 2.21. The Balaban J connectivity index is 2.09. The van der Waals surface area contributed by atoms with Crippen molar-refractivity contribution >= 4 is 29.2 Å². The molecule has 1 aromatic carbocycles. The third-order valence-corrected chi connectivity index (χ3v) is 2.61. The molecule has 6 nitrogen and oxygen atoms in total. The number of benzene rings is 1. The van der Waals surface area contributed by atoms with E-state index in [1.807, 2.05) is 0 Å². The Kier molecular flexibility index (Phi) is 3.79. The van der Waals surface area contributed by atoms with Crippen LogP contribution in [0.25, 0.3) is 0 Å². The van der Waals surface area contributed by atoms with E-state index in [1.54, 1.807) is 24.3 Å². The van der Waals surface area contributed by atoms with Gasteiger partial charge in [-0.15, -0.1) is 0 Å². The van der Waals surface area contributed by atoms with Gasteiger partial charge in [-0.05, 0) is 25.1 Å². The standard InChI is InChI=1S/C13H14N2O4/c1-9(16)7-12(17)14-10-3-2-4-11(8-10)15-5-6-19-13(15)18/h2-4,8H,5-7H2,1H3,(H,14,17). The fourth-order valence-corrected chi connectivity index (χ4v) is 1.81. The molecule has 0 unspecified atom stereocenters. The molecule has 19 heavy (non-hydrogen) atoms. The molecule has 0 radical (unpaired) electrons. The normalized spacial score (nSPS) is 14.2. The van der Waals surface area contributed by atoms with E-state index in [0.29, 0.717) is 24.5 Å². The molecule has 0 spiro atoms. The van der Waals surface area contributed by atoms with Crippen LogP contribution in [-0.2, 0) is 14.3 Å². The van der Waals surface area contributed by atoms with E-state index in [2.05, 4.69) is 5.32 Å². The Morgan fingerprint density at radius 2 is 2.21 bits per heavy atom. The van der Waals surface area contributed by atoms with Gasteiger partial charge in [-0.2, -0.15) is 0 Å². The van der Waals surface area contributed by atoms with Crippen LogP contribution < -0.4 is 10.2 Å². The first-order valence-corrected chi connectivity index (χ1v) is 5.90. The monoisotopic (exact) mass is 262 g/mol. The number of amides is 2. The molecule has 1 aromatic rings. The van der Waals surface area contributed by atoms with Gasteiger partial charge in [-0.25, -0.2) is 4.79 Å². The van der Waals surface area contributed by atoms with Gasteiger partial charge in [-0.3, -0.25) is 14.5 Å². The summed E-state index contributed by atoms with van der Waals surface area (Å²) >= 11 is 0. The van der Waals surface area contributed by atoms with Crippen LogP contribution in [0.3, 0.4) is 0 Å². The molecule has 0 aliphatic carbocycles. The number of nitrogens with zero attached hydrogens (tertiary/aromatic N) is 1. The van der Waals surface area contributed by atoms with E-state index in [4.69, 9.17) is 4.74 Å². The molecule has 0 atom stereocenters. The SMILES string of the molecule is CC(=O)CC(=O)Nc1cccc(N2CCOC2=O)c1. The minimum atomic E-state index is -0.396. The highest BCUT2D eigenvalue weighted by Crippen LogP contribution is 2.22. The smallest absolute Gasteiger partial charge is 0.414 e. The number of carbonyl (C=O) groups is 3. The van der Waals surface area contributed by atoms with Crippen LogP contribution in [0.4, 0.5) is 16.2 Å². The number of nitrogens with one attached hydrogen (secondary N) is 1. The van der Waals surface area contributed by atoms with Gasteiger partial charge >= 0.3 is 6.09 Å². The second kappa shape index (κ2) is 5.51. The molecule has 1 N–H and O–H groups in total. The molecule has 100 valence electrons. The maximum absolute atomic E-state index is 11.5. The van der Waals surface area contributed by atoms with Crippen LogP contribution in [0.5, 0.6) is 0 Å². The molecule has 0 saturated carbocycles. The number of carbonyl (C=O) groups excluding carboxylic acids is 3. The molecule has 1 fully saturated rings. The van der Waals surface area contributed by atoms with Crippen molar-refractivity contribution in [3.63, 3.8) is 0 Å². The summed E-state index contributed by atoms with van der Waals surface area (Å²) in [7, 11) is 0. The lowest BCUT2D eigenvalue weighted by Gasteiger charge is -2.14. The highest BCUT2D eigenvalue weighted by molar-refractivity contribution is 6.03. The van der Waals surface area contributed by atoms with Gasteiger partial charge in [-0.1, -0.05) is 6.07 Å². The average molecular weight is 262 g/mol. The van der Waals surface area contributed by atoms with Crippen molar-refractivity contribution in [1.82, 2.24) is 0 Å². The second-order valence-corrected chi connectivity index (χ2v) is 4.24. The van der Waals surface area contributed by atoms with Gasteiger partial charge in [0.15, 0.2) is 0 Å². The van der Waals surface area contributed by atoms with Gasteiger partial charge in [0.2, 0.25) is 5.91 Å². The first-order chi connectivity index (χ1) is 9.06. The van der Waals surface area contributed by atoms with E-state index in [1.165, 1.54) is 11.8 Å². The highest BCUT2D eigenvalue weighted by Gasteiger charge is 2.23. The Hall–Kier alpha value is -2.37. The number of anilines is 2. The van der Waals surface area contributed by atoms with E-state index in [9.17, 15) is 14.4 Å². The van der Waals surface area contributed by atoms with Crippen molar-refractivity contribution < 1.29 is 19.1 Å². The lowest BCUT2D eigenvalue weighted by atomic mass is 10.2. The first-order valence-electron chi connectivity index (χ1n) is 5.90. The van der Waals surface area contributed by atoms with Gasteiger partial charge in [0.1, 0.15) is 12.4 Å². The molecule has 2 amide bonds. The summed E-state index contributed by atoms with van der Waals surface area (Å²) in [5.74, 6) is -0.564. The molecule has 1 heterocycles. The number of Topliss-reactive ketones (excluding diaryl/α,β-unsaturated/α-hetero) is 1. The summed E-state index contributed by atoms with van der Waals surface area (Å²) in [5, 5.41) is 2.61. The lowest BCUT2D eigenvalue weighted by Crippen LogP contribution is -2.23. The zero-order valence-corrected chi connectivity index (χ0v) is 10.5. The molecule has 2 rings (SSSR count). The van der Waals surface area contributed by atoms with Crippen molar-refractivity contribution in [3.8, 4) is 0 Å². The van der Waals surface area contributed by atoms with Crippen molar-refractivity contribution in [2.45, 2.75) is 13.3 Å². The quantitative estimate of drug-likeness (QED) is 0.835. The number of cyclic esters (lactones) is 1. The van der Waals surface area contributed by atoms with Crippen LogP contribution in [0, 0.1) is 0 Å². The number of hydrogen-bond donors (Lipinski definition) is 1. The molecular weight excluding hydrogens is 248 g/mol. The van der Waals surface area contributed by atoms with Gasteiger partial charge in [0.25, 0.3) is 0 Å². The predicted molar refractivity (Wildman–Crippen MR) is 69.1 cm³/mol. The largest absolute Gasteiger partial charge is 0.447 e. The fraction of sp³-hybridized carbons (Fsp3) is 0.308. The zero-order chi connectivity index (χ0) is 13.8. The van der Waals surface area contributed by atoms with Gasteiger partial charge in [0, 0.05) is 11.4 Å². The maximum atomic E-state index is 11.5. The highest BCUT2D eigenvalue weighted by atomic mass is 16.6. The summed E-state index contributed by atoms with van der Waals surface area (Å²) in [4.78, 5) is 35.2. The first kappa shape index (κ1) is 13.1. The van der Waals surface area contributed by atoms with Crippen molar-refractivity contribution in [2.24, 2.45) is 0 Å². The summed E-state index contributed by atoms with van der Waals surface area (Å²) in [5.41, 5.74) is 1.20. The molecule has 1 saturated heterocycles. The number of hydrogen-bond acceptors (Lipinski definition) is 4. The number of rotatable bonds is 4. The Morgan fingerprint density at radius 3 is 2.84 bits per heavy atom. The van der Waals surface area contributed by atoms with E-state index in [0.717, 1.165) is 0 Å². The molecule has 1 aliphatic heterocycles. The number of ketones is 1. The zero-order valence-electron chi connectivity index (χ0n) is 10.5. The predicted octanol–water partition coefficient (Wildman–Crippen LogP) is 1.56. The lowest BCUT2D eigenvalue weighted by molar-refractivity contribution is -0.124. The minimum Gasteiger partial charge on any atom is -0.447 e. The average Bonchev–Trinajstić information content (AvgIpc) is 2.74. The summed E-state index contributed by atoms with van der Waals surface area (Å²) in [6.07, 6.45) is -0.553. The molecule has 1 aliphatic rings. The third-order valence-electron chi connectivity index (χ3n) is 2.61. The molecule has 0 aromatic heterocycles. The Morgan fingerprint density at radius 1 is 1.42 bits per heavy atom. The fourth-order valence-electron chi connectivity index (χ4n) is 1.81. The molecule has 6 heteroatoms. The third kappa shape index (κ3) is 3.31. The second-order valence-electron chi connectivity index (χ2n) is 4.24. The topological polar surface area (TPSA) is 75.7 Å². The summed E-state index contributed by atoms with van der Waals surface area (Å²) < 4.78 is 4.85. The van der Waals surface area contributed by atoms with E-state index in [-0.39, 0.29) is 18.1 Å². The minimum absolute atomic E-state index is 0.157. The van der Waals surface area contributed by atoms with E-state index >= 15 is 0 Å². The van der Waals surface area contributed by atoms with Crippen LogP contribution >= 0.6 is 0 Å². The van der Waals surface area contributed by atoms with Crippen LogP contribution in [-0.4, -0.2) is 30.9 Å². The maximum Gasteiger partial charge on any atom is 0.414 e. The van der Waals surface area contributed by atoms with Gasteiger partial charge < -0.3 is 10.1 Å². The van der Waals surface area contributed by atoms with Crippen molar-refractivity contribution in [2.75, 3.05) is 23.4 Å². The number of ether oxygens (including phenoxy) is 1. The molecular formula is C13H14N2O4.